The number of piperazine rings is 1. The first-order chi connectivity index (χ1) is 12.9. The molecule has 2 fully saturated rings. The van der Waals surface area contributed by atoms with Crippen LogP contribution in [0.3, 0.4) is 0 Å². The number of halogens is 1. The molecule has 2 bridgehead atoms. The van der Waals surface area contributed by atoms with Crippen molar-refractivity contribution < 1.29 is 22.3 Å². The number of carbonyl (C=O) groups excluding carboxylic acids is 1. The van der Waals surface area contributed by atoms with Crippen molar-refractivity contribution in [2.75, 3.05) is 20.2 Å². The lowest BCUT2D eigenvalue weighted by Crippen LogP contribution is -2.57. The number of sulfonamides is 1. The van der Waals surface area contributed by atoms with Crippen LogP contribution in [0.15, 0.2) is 29.3 Å². The van der Waals surface area contributed by atoms with E-state index in [0.29, 0.717) is 12.8 Å². The van der Waals surface area contributed by atoms with E-state index in [0.717, 1.165) is 12.1 Å². The highest BCUT2D eigenvalue weighted by molar-refractivity contribution is 7.89. The molecule has 2 atom stereocenters. The SMILES string of the molecule is COc1cc(F)ccc1S(=O)(=O)N1C2CCC1CN(C(=O)c1cnn[nH]1)C2. The van der Waals surface area contributed by atoms with Gasteiger partial charge in [0.05, 0.1) is 13.3 Å². The molecule has 2 aliphatic heterocycles. The third-order valence-electron chi connectivity index (χ3n) is 5.03. The van der Waals surface area contributed by atoms with Crippen LogP contribution >= 0.6 is 0 Å². The minimum atomic E-state index is -3.89. The molecule has 144 valence electrons. The number of H-pyrrole nitrogens is 1. The Labute approximate surface area is 155 Å². The van der Waals surface area contributed by atoms with Crippen molar-refractivity contribution in [3.05, 3.63) is 35.9 Å². The van der Waals surface area contributed by atoms with E-state index in [2.05, 4.69) is 15.4 Å². The zero-order chi connectivity index (χ0) is 19.2. The van der Waals surface area contributed by atoms with Crippen LogP contribution in [0.25, 0.3) is 0 Å². The van der Waals surface area contributed by atoms with Crippen LogP contribution in [0.4, 0.5) is 4.39 Å². The van der Waals surface area contributed by atoms with Crippen molar-refractivity contribution in [1.29, 1.82) is 0 Å². The smallest absolute Gasteiger partial charge is 0.273 e. The van der Waals surface area contributed by atoms with Gasteiger partial charge in [-0.1, -0.05) is 5.21 Å². The summed E-state index contributed by atoms with van der Waals surface area (Å²) in [5, 5.41) is 9.68. The number of likely N-dealkylation sites (tertiary alicyclic amines) is 1. The molecule has 27 heavy (non-hydrogen) atoms. The summed E-state index contributed by atoms with van der Waals surface area (Å²) in [5.41, 5.74) is 0.269. The van der Waals surface area contributed by atoms with Crippen molar-refractivity contribution >= 4 is 15.9 Å². The van der Waals surface area contributed by atoms with Crippen molar-refractivity contribution in [2.24, 2.45) is 0 Å². The number of carbonyl (C=O) groups is 1. The summed E-state index contributed by atoms with van der Waals surface area (Å²) in [6.45, 7) is 0.550. The van der Waals surface area contributed by atoms with E-state index >= 15 is 0 Å². The number of benzene rings is 1. The van der Waals surface area contributed by atoms with Gasteiger partial charge in [0.1, 0.15) is 22.2 Å². The number of fused-ring (bicyclic) bond motifs is 2. The molecular weight excluding hydrogens is 377 g/mol. The van der Waals surface area contributed by atoms with Crippen LogP contribution in [0, 0.1) is 5.82 Å². The molecule has 1 N–H and O–H groups in total. The molecule has 1 aromatic heterocycles. The van der Waals surface area contributed by atoms with Crippen LogP contribution in [-0.4, -0.2) is 71.2 Å². The molecule has 2 saturated heterocycles. The fourth-order valence-corrected chi connectivity index (χ4v) is 5.86. The van der Waals surface area contributed by atoms with Gasteiger partial charge in [-0.05, 0) is 25.0 Å². The average molecular weight is 395 g/mol. The predicted octanol–water partition coefficient (Wildman–Crippen LogP) is 0.630. The quantitative estimate of drug-likeness (QED) is 0.813. The highest BCUT2D eigenvalue weighted by atomic mass is 32.2. The van der Waals surface area contributed by atoms with Gasteiger partial charge in [0, 0.05) is 31.2 Å². The molecule has 3 heterocycles. The van der Waals surface area contributed by atoms with Crippen molar-refractivity contribution in [1.82, 2.24) is 24.6 Å². The third kappa shape index (κ3) is 2.96. The molecule has 0 spiro atoms. The number of nitrogens with one attached hydrogen (secondary N) is 1. The molecule has 0 aliphatic carbocycles. The molecule has 2 aromatic rings. The molecular formula is C16H18FN5O4S. The maximum Gasteiger partial charge on any atom is 0.273 e. The van der Waals surface area contributed by atoms with E-state index in [4.69, 9.17) is 4.74 Å². The Hall–Kier alpha value is -2.53. The van der Waals surface area contributed by atoms with Crippen LogP contribution < -0.4 is 4.74 Å². The van der Waals surface area contributed by atoms with Crippen LogP contribution in [0.5, 0.6) is 5.75 Å². The normalized spacial score (nSPS) is 22.8. The fourth-order valence-electron chi connectivity index (χ4n) is 3.86. The minimum absolute atomic E-state index is 0.0311. The van der Waals surface area contributed by atoms with Crippen LogP contribution in [-0.2, 0) is 10.0 Å². The van der Waals surface area contributed by atoms with Gasteiger partial charge in [0.25, 0.3) is 5.91 Å². The summed E-state index contributed by atoms with van der Waals surface area (Å²) in [6.07, 6.45) is 2.65. The number of rotatable bonds is 4. The van der Waals surface area contributed by atoms with Crippen molar-refractivity contribution in [3.63, 3.8) is 0 Å². The first-order valence-electron chi connectivity index (χ1n) is 8.44. The summed E-state index contributed by atoms with van der Waals surface area (Å²) in [5.74, 6) is -0.859. The molecule has 0 radical (unpaired) electrons. The van der Waals surface area contributed by atoms with Crippen molar-refractivity contribution in [2.45, 2.75) is 29.8 Å². The van der Waals surface area contributed by atoms with Gasteiger partial charge in [-0.15, -0.1) is 5.10 Å². The Kier molecular flexibility index (Phi) is 4.35. The van der Waals surface area contributed by atoms with Gasteiger partial charge >= 0.3 is 0 Å². The molecule has 1 aromatic carbocycles. The van der Waals surface area contributed by atoms with E-state index in [-0.39, 0.29) is 47.4 Å². The lowest BCUT2D eigenvalue weighted by molar-refractivity contribution is 0.0608. The molecule has 1 amide bonds. The Morgan fingerprint density at radius 1 is 1.30 bits per heavy atom. The maximum atomic E-state index is 13.5. The number of ether oxygens (including phenoxy) is 1. The van der Waals surface area contributed by atoms with Crippen LogP contribution in [0.2, 0.25) is 0 Å². The fraction of sp³-hybridized carbons (Fsp3) is 0.438. The Balaban J connectivity index is 1.62. The van der Waals surface area contributed by atoms with E-state index in [1.807, 2.05) is 0 Å². The third-order valence-corrected chi connectivity index (χ3v) is 7.07. The zero-order valence-electron chi connectivity index (χ0n) is 14.5. The lowest BCUT2D eigenvalue weighted by Gasteiger charge is -2.39. The minimum Gasteiger partial charge on any atom is -0.495 e. The van der Waals surface area contributed by atoms with E-state index < -0.39 is 15.8 Å². The number of amides is 1. The molecule has 2 aliphatic rings. The van der Waals surface area contributed by atoms with E-state index in [1.165, 1.54) is 23.7 Å². The van der Waals surface area contributed by atoms with Gasteiger partial charge in [0.2, 0.25) is 10.0 Å². The highest BCUT2D eigenvalue weighted by Crippen LogP contribution is 2.38. The molecule has 4 rings (SSSR count). The van der Waals surface area contributed by atoms with Gasteiger partial charge < -0.3 is 9.64 Å². The number of aromatic amines is 1. The maximum absolute atomic E-state index is 13.5. The Morgan fingerprint density at radius 3 is 2.59 bits per heavy atom. The Bertz CT molecular complexity index is 951. The molecule has 0 saturated carbocycles. The first-order valence-corrected chi connectivity index (χ1v) is 9.88. The van der Waals surface area contributed by atoms with Gasteiger partial charge in [-0.2, -0.15) is 4.31 Å². The molecule has 9 nitrogen and oxygen atoms in total. The van der Waals surface area contributed by atoms with Crippen LogP contribution in [0.1, 0.15) is 23.3 Å². The van der Waals surface area contributed by atoms with E-state index in [1.54, 1.807) is 4.90 Å². The Morgan fingerprint density at radius 2 is 2.00 bits per heavy atom. The zero-order valence-corrected chi connectivity index (χ0v) is 15.3. The topological polar surface area (TPSA) is 108 Å². The number of aromatic nitrogens is 3. The van der Waals surface area contributed by atoms with Gasteiger partial charge in [-0.3, -0.25) is 9.89 Å². The number of hydrogen-bond acceptors (Lipinski definition) is 6. The lowest BCUT2D eigenvalue weighted by atomic mass is 10.2. The van der Waals surface area contributed by atoms with E-state index in [9.17, 15) is 17.6 Å². The summed E-state index contributed by atoms with van der Waals surface area (Å²) in [4.78, 5) is 14.1. The highest BCUT2D eigenvalue weighted by Gasteiger charge is 2.48. The standard InChI is InChI=1S/C16H18FN5O4S/c1-26-14-6-10(17)2-5-15(14)27(24,25)22-11-3-4-12(22)9-21(8-11)16(23)13-7-18-20-19-13/h2,5-7,11-12H,3-4,8-9H2,1H3,(H,18,19,20). The summed E-state index contributed by atoms with van der Waals surface area (Å²) in [7, 11) is -2.59. The summed E-state index contributed by atoms with van der Waals surface area (Å²) < 4.78 is 46.5. The first kappa shape index (κ1) is 17.9. The number of hydrogen-bond donors (Lipinski definition) is 1. The predicted molar refractivity (Wildman–Crippen MR) is 91.1 cm³/mol. The summed E-state index contributed by atoms with van der Waals surface area (Å²) >= 11 is 0. The monoisotopic (exact) mass is 395 g/mol. The second-order valence-corrected chi connectivity index (χ2v) is 8.41. The van der Waals surface area contributed by atoms with Gasteiger partial charge in [-0.25, -0.2) is 12.8 Å². The molecule has 11 heteroatoms. The summed E-state index contributed by atoms with van der Waals surface area (Å²) in [6, 6.07) is 2.69. The average Bonchev–Trinajstić information content (AvgIpc) is 3.27. The largest absolute Gasteiger partial charge is 0.495 e. The number of nitrogens with zero attached hydrogens (tertiary/aromatic N) is 4. The molecule has 2 unspecified atom stereocenters. The van der Waals surface area contributed by atoms with Crippen molar-refractivity contribution in [3.8, 4) is 5.75 Å². The van der Waals surface area contributed by atoms with Gasteiger partial charge in [0.15, 0.2) is 0 Å². The second-order valence-electron chi connectivity index (χ2n) is 6.60. The second kappa shape index (κ2) is 6.57. The number of methoxy groups -OCH3 is 1.